The Hall–Kier alpha value is -6.04. The highest BCUT2D eigenvalue weighted by molar-refractivity contribution is 6.50. The molecule has 0 saturated carbocycles. The Labute approximate surface area is 297 Å². The molecular formula is C46H35BN2O2. The van der Waals surface area contributed by atoms with E-state index in [0.29, 0.717) is 0 Å². The van der Waals surface area contributed by atoms with Crippen LogP contribution in [0.5, 0.6) is 0 Å². The topological polar surface area (TPSA) is 41.5 Å². The van der Waals surface area contributed by atoms with Crippen LogP contribution in [0.2, 0.25) is 0 Å². The smallest absolute Gasteiger partial charge is 0.308 e. The van der Waals surface area contributed by atoms with Gasteiger partial charge in [-0.3, -0.25) is 0 Å². The van der Waals surface area contributed by atoms with Crippen molar-refractivity contribution >= 4 is 79.4 Å². The van der Waals surface area contributed by atoms with E-state index in [2.05, 4.69) is 163 Å². The van der Waals surface area contributed by atoms with Gasteiger partial charge in [-0.1, -0.05) is 111 Å². The molecule has 1 aliphatic heterocycles. The molecule has 10 rings (SSSR count). The molecule has 5 heteroatoms. The van der Waals surface area contributed by atoms with Crippen LogP contribution in [-0.2, 0) is 5.41 Å². The van der Waals surface area contributed by atoms with E-state index in [4.69, 9.17) is 4.42 Å². The van der Waals surface area contributed by atoms with E-state index in [1.807, 2.05) is 12.1 Å². The largest absolute Gasteiger partial charge is 0.454 e. The molecule has 244 valence electrons. The van der Waals surface area contributed by atoms with Crippen molar-refractivity contribution in [3.63, 3.8) is 0 Å². The first-order valence-corrected chi connectivity index (χ1v) is 17.7. The van der Waals surface area contributed by atoms with Gasteiger partial charge in [-0.25, -0.2) is 0 Å². The van der Waals surface area contributed by atoms with Crippen molar-refractivity contribution in [3.05, 3.63) is 163 Å². The summed E-state index contributed by atoms with van der Waals surface area (Å²) in [5.41, 5.74) is 13.8. The van der Waals surface area contributed by atoms with E-state index < -0.39 is 0 Å². The number of furan rings is 1. The summed E-state index contributed by atoms with van der Waals surface area (Å²) in [7, 11) is -0.0720. The second-order valence-electron chi connectivity index (χ2n) is 14.2. The molecule has 51 heavy (non-hydrogen) atoms. The number of para-hydroxylation sites is 4. The highest BCUT2D eigenvalue weighted by Crippen LogP contribution is 2.54. The zero-order valence-electron chi connectivity index (χ0n) is 28.6. The van der Waals surface area contributed by atoms with Crippen LogP contribution >= 0.6 is 0 Å². The number of hydrogen-bond donors (Lipinski definition) is 1. The van der Waals surface area contributed by atoms with Gasteiger partial charge in [-0.2, -0.15) is 0 Å². The van der Waals surface area contributed by atoms with Gasteiger partial charge in [0.15, 0.2) is 5.58 Å². The summed E-state index contributed by atoms with van der Waals surface area (Å²) in [4.78, 5) is 2.36. The number of rotatable bonds is 4. The van der Waals surface area contributed by atoms with Crippen molar-refractivity contribution in [3.8, 4) is 11.1 Å². The minimum atomic E-state index is -0.254. The number of fused-ring (bicyclic) bond motifs is 8. The molecule has 6 aromatic carbocycles. The predicted octanol–water partition coefficient (Wildman–Crippen LogP) is 10.8. The number of hydrogen-bond acceptors (Lipinski definition) is 3. The molecule has 1 N–H and O–H groups in total. The molecule has 0 unspecified atom stereocenters. The fourth-order valence-electron chi connectivity index (χ4n) is 8.45. The monoisotopic (exact) mass is 658 g/mol. The van der Waals surface area contributed by atoms with Crippen LogP contribution < -0.4 is 10.4 Å². The Bertz CT molecular complexity index is 2810. The second-order valence-corrected chi connectivity index (χ2v) is 14.2. The number of allylic oxidation sites excluding steroid dienone is 6. The summed E-state index contributed by atoms with van der Waals surface area (Å²) in [6.45, 7) is 4.67. The Morgan fingerprint density at radius 1 is 0.627 bits per heavy atom. The van der Waals surface area contributed by atoms with Crippen LogP contribution in [0.1, 0.15) is 31.4 Å². The van der Waals surface area contributed by atoms with Gasteiger partial charge < -0.3 is 18.9 Å². The van der Waals surface area contributed by atoms with E-state index in [0.717, 1.165) is 50.9 Å². The van der Waals surface area contributed by atoms with Crippen LogP contribution in [-0.4, -0.2) is 17.1 Å². The first-order valence-electron chi connectivity index (χ1n) is 17.7. The van der Waals surface area contributed by atoms with Crippen molar-refractivity contribution in [2.45, 2.75) is 25.7 Å². The first-order chi connectivity index (χ1) is 25.0. The van der Waals surface area contributed by atoms with Gasteiger partial charge in [-0.15, -0.1) is 0 Å². The number of anilines is 3. The molecule has 2 aromatic heterocycles. The summed E-state index contributed by atoms with van der Waals surface area (Å²) < 4.78 is 9.03. The van der Waals surface area contributed by atoms with Crippen molar-refractivity contribution < 1.29 is 9.44 Å². The number of aromatic nitrogens is 1. The van der Waals surface area contributed by atoms with Gasteiger partial charge >= 0.3 is 7.48 Å². The van der Waals surface area contributed by atoms with Crippen molar-refractivity contribution in [2.75, 3.05) is 4.90 Å². The zero-order chi connectivity index (χ0) is 34.3. The molecule has 0 fully saturated rings. The normalized spacial score (nSPS) is 15.0. The van der Waals surface area contributed by atoms with Gasteiger partial charge in [0.25, 0.3) is 0 Å². The van der Waals surface area contributed by atoms with Crippen LogP contribution in [0.4, 0.5) is 17.1 Å². The van der Waals surface area contributed by atoms with E-state index in [9.17, 15) is 5.02 Å². The summed E-state index contributed by atoms with van der Waals surface area (Å²) in [6, 6.07) is 43.7. The fourth-order valence-corrected chi connectivity index (χ4v) is 8.45. The summed E-state index contributed by atoms with van der Waals surface area (Å²) in [5, 5.41) is 14.7. The molecule has 4 nitrogen and oxygen atoms in total. The predicted molar refractivity (Wildman–Crippen MR) is 215 cm³/mol. The zero-order valence-corrected chi connectivity index (χ0v) is 28.6. The van der Waals surface area contributed by atoms with Crippen LogP contribution in [0.25, 0.3) is 60.6 Å². The third kappa shape index (κ3) is 4.38. The minimum Gasteiger partial charge on any atom is -0.454 e. The van der Waals surface area contributed by atoms with Gasteiger partial charge in [0.1, 0.15) is 5.58 Å². The maximum absolute atomic E-state index is 10.1. The van der Waals surface area contributed by atoms with E-state index in [-0.39, 0.29) is 12.9 Å². The molecular weight excluding hydrogens is 623 g/mol. The number of nitrogens with zero attached hydrogens (tertiary/aromatic N) is 2. The lowest BCUT2D eigenvalue weighted by atomic mass is 9.73. The van der Waals surface area contributed by atoms with Gasteiger partial charge in [-0.05, 0) is 88.8 Å². The average molecular weight is 659 g/mol. The molecule has 8 aromatic rings. The highest BCUT2D eigenvalue weighted by atomic mass is 16.3. The Balaban J connectivity index is 1.17. The third-order valence-electron chi connectivity index (χ3n) is 11.0. The van der Waals surface area contributed by atoms with Crippen LogP contribution in [0.15, 0.2) is 156 Å². The maximum atomic E-state index is 10.1. The Morgan fingerprint density at radius 3 is 2.24 bits per heavy atom. The van der Waals surface area contributed by atoms with Crippen molar-refractivity contribution in [1.82, 2.24) is 4.57 Å². The maximum Gasteiger partial charge on any atom is 0.308 e. The van der Waals surface area contributed by atoms with Gasteiger partial charge in [0, 0.05) is 32.7 Å². The van der Waals surface area contributed by atoms with E-state index in [1.165, 1.54) is 49.8 Å². The molecule has 0 atom stereocenters. The molecule has 1 aliphatic carbocycles. The SMILES string of the molecule is CC1(C)c2ccccc2N(c2cccc3c2oc2c(BO)cccc23)c2ccc(-c3ccc4c(c3)c3ccccc3n4C3=CC=CCC=C3)cc21. The fraction of sp³-hybridized carbons (Fsp3) is 0.0870. The minimum absolute atomic E-state index is 0.0720. The molecule has 0 radical (unpaired) electrons. The molecule has 0 spiro atoms. The third-order valence-corrected chi connectivity index (χ3v) is 11.0. The second kappa shape index (κ2) is 11.2. The lowest BCUT2D eigenvalue weighted by Crippen LogP contribution is -2.30. The summed E-state index contributed by atoms with van der Waals surface area (Å²) >= 11 is 0. The number of benzene rings is 6. The van der Waals surface area contributed by atoms with Gasteiger partial charge in [0.05, 0.1) is 28.1 Å². The van der Waals surface area contributed by atoms with Crippen LogP contribution in [0, 0.1) is 0 Å². The summed E-state index contributed by atoms with van der Waals surface area (Å²) in [5.74, 6) is 0. The Kier molecular flexibility index (Phi) is 6.58. The Morgan fingerprint density at radius 2 is 1.33 bits per heavy atom. The van der Waals surface area contributed by atoms with E-state index in [1.54, 1.807) is 0 Å². The quantitative estimate of drug-likeness (QED) is 0.191. The molecule has 2 aliphatic rings. The summed E-state index contributed by atoms with van der Waals surface area (Å²) in [6.07, 6.45) is 11.9. The lowest BCUT2D eigenvalue weighted by Gasteiger charge is -2.42. The molecule has 0 saturated heterocycles. The first kappa shape index (κ1) is 29.8. The standard InChI is InChI=1S/C46H35BN2O2/c1-46(2)36-18-8-10-21-41(36)49(43-22-12-17-34-33-16-11-19-38(47-50)44(33)51-45(34)43)42-26-24-30(28-37(42)46)29-23-25-40-35(27-29)32-15-7-9-20-39(32)48(40)31-13-5-3-4-6-14-31/h3,5-28,47,50H,4H2,1-2H3. The van der Waals surface area contributed by atoms with Gasteiger partial charge in [0.2, 0.25) is 0 Å². The van der Waals surface area contributed by atoms with Crippen molar-refractivity contribution in [2.24, 2.45) is 0 Å². The molecule has 0 amide bonds. The highest BCUT2D eigenvalue weighted by Gasteiger charge is 2.38. The van der Waals surface area contributed by atoms with Crippen LogP contribution in [0.3, 0.4) is 0 Å². The lowest BCUT2D eigenvalue weighted by molar-refractivity contribution is 0.613. The van der Waals surface area contributed by atoms with Crippen molar-refractivity contribution in [1.29, 1.82) is 0 Å². The molecule has 0 bridgehead atoms. The molecule has 3 heterocycles. The van der Waals surface area contributed by atoms with E-state index >= 15 is 0 Å². The average Bonchev–Trinajstić information content (AvgIpc) is 3.58.